The molecule has 7 heteroatoms. The van der Waals surface area contributed by atoms with Crippen LogP contribution in [0.3, 0.4) is 0 Å². The summed E-state index contributed by atoms with van der Waals surface area (Å²) in [6.07, 6.45) is 1.50. The maximum absolute atomic E-state index is 5.94. The number of halogens is 1. The van der Waals surface area contributed by atoms with Crippen LogP contribution in [-0.2, 0) is 0 Å². The number of ether oxygens (including phenoxy) is 1. The number of nitrogens with zero attached hydrogens (tertiary/aromatic N) is 5. The third kappa shape index (κ3) is 3.12. The van der Waals surface area contributed by atoms with E-state index in [1.54, 1.807) is 10.6 Å². The summed E-state index contributed by atoms with van der Waals surface area (Å²) < 4.78 is 7.43. The van der Waals surface area contributed by atoms with Crippen molar-refractivity contribution in [2.45, 2.75) is 6.92 Å². The predicted octanol–water partition coefficient (Wildman–Crippen LogP) is 2.60. The highest BCUT2D eigenvalue weighted by Gasteiger charge is 2.10. The Balaban J connectivity index is 1.68. The molecule has 0 saturated carbocycles. The Labute approximate surface area is 133 Å². The van der Waals surface area contributed by atoms with Gasteiger partial charge in [0, 0.05) is 23.8 Å². The van der Waals surface area contributed by atoms with Gasteiger partial charge in [0.1, 0.15) is 24.5 Å². The van der Waals surface area contributed by atoms with Gasteiger partial charge in [0.25, 0.3) is 5.78 Å². The van der Waals surface area contributed by atoms with Crippen molar-refractivity contribution >= 4 is 23.2 Å². The lowest BCUT2D eigenvalue weighted by Gasteiger charge is -2.20. The van der Waals surface area contributed by atoms with E-state index in [0.29, 0.717) is 24.0 Å². The first-order valence-electron chi connectivity index (χ1n) is 6.90. The van der Waals surface area contributed by atoms with Crippen LogP contribution in [-0.4, -0.2) is 39.8 Å². The van der Waals surface area contributed by atoms with Crippen LogP contribution in [0.25, 0.3) is 5.78 Å². The second-order valence-corrected chi connectivity index (χ2v) is 5.39. The lowest BCUT2D eigenvalue weighted by Crippen LogP contribution is -2.26. The molecule has 0 radical (unpaired) electrons. The summed E-state index contributed by atoms with van der Waals surface area (Å²) in [6.45, 7) is 3.17. The van der Waals surface area contributed by atoms with Gasteiger partial charge in [-0.15, -0.1) is 0 Å². The average Bonchev–Trinajstić information content (AvgIpc) is 2.94. The van der Waals surface area contributed by atoms with E-state index in [1.165, 1.54) is 6.33 Å². The fourth-order valence-corrected chi connectivity index (χ4v) is 2.34. The van der Waals surface area contributed by atoms with Crippen molar-refractivity contribution in [3.8, 4) is 5.75 Å². The predicted molar refractivity (Wildman–Crippen MR) is 85.7 cm³/mol. The molecule has 0 N–H and O–H groups in total. The molecular weight excluding hydrogens is 302 g/mol. The molecule has 2 heterocycles. The number of likely N-dealkylation sites (N-methyl/N-ethyl adjacent to an activating group) is 1. The van der Waals surface area contributed by atoms with Crippen molar-refractivity contribution in [1.82, 2.24) is 19.6 Å². The van der Waals surface area contributed by atoms with Crippen LogP contribution in [0.5, 0.6) is 5.75 Å². The Morgan fingerprint density at radius 1 is 1.32 bits per heavy atom. The van der Waals surface area contributed by atoms with Gasteiger partial charge in [-0.2, -0.15) is 14.6 Å². The van der Waals surface area contributed by atoms with Crippen LogP contribution < -0.4 is 9.64 Å². The molecule has 6 nitrogen and oxygen atoms in total. The van der Waals surface area contributed by atoms with Crippen LogP contribution in [0.1, 0.15) is 5.69 Å². The van der Waals surface area contributed by atoms with Crippen molar-refractivity contribution in [3.05, 3.63) is 47.4 Å². The first-order chi connectivity index (χ1) is 10.6. The van der Waals surface area contributed by atoms with Crippen molar-refractivity contribution in [3.63, 3.8) is 0 Å². The molecule has 0 spiro atoms. The lowest BCUT2D eigenvalue weighted by atomic mass is 10.3. The maximum atomic E-state index is 5.94. The highest BCUT2D eigenvalue weighted by molar-refractivity contribution is 6.30. The van der Waals surface area contributed by atoms with Gasteiger partial charge in [0.2, 0.25) is 0 Å². The van der Waals surface area contributed by atoms with E-state index >= 15 is 0 Å². The van der Waals surface area contributed by atoms with E-state index in [2.05, 4.69) is 20.0 Å². The quantitative estimate of drug-likeness (QED) is 0.724. The molecule has 0 atom stereocenters. The van der Waals surface area contributed by atoms with Gasteiger partial charge in [0.15, 0.2) is 0 Å². The van der Waals surface area contributed by atoms with Crippen molar-refractivity contribution in [1.29, 1.82) is 0 Å². The SMILES string of the molecule is Cc1cc(N(C)CCOc2cccc(Cl)c2)n2ncnc2n1. The number of rotatable bonds is 5. The molecular formula is C15H16ClN5O. The second kappa shape index (κ2) is 6.19. The summed E-state index contributed by atoms with van der Waals surface area (Å²) in [5, 5.41) is 4.87. The van der Waals surface area contributed by atoms with E-state index in [0.717, 1.165) is 17.3 Å². The molecule has 3 aromatic rings. The number of aromatic nitrogens is 4. The minimum Gasteiger partial charge on any atom is -0.492 e. The lowest BCUT2D eigenvalue weighted by molar-refractivity contribution is 0.325. The zero-order valence-corrected chi connectivity index (χ0v) is 13.2. The Morgan fingerprint density at radius 2 is 2.18 bits per heavy atom. The van der Waals surface area contributed by atoms with Crippen molar-refractivity contribution in [2.24, 2.45) is 0 Å². The highest BCUT2D eigenvalue weighted by atomic mass is 35.5. The van der Waals surface area contributed by atoms with Crippen molar-refractivity contribution in [2.75, 3.05) is 25.1 Å². The molecule has 0 aliphatic heterocycles. The second-order valence-electron chi connectivity index (χ2n) is 4.95. The van der Waals surface area contributed by atoms with Gasteiger partial charge in [0.05, 0.1) is 6.54 Å². The fourth-order valence-electron chi connectivity index (χ4n) is 2.15. The summed E-state index contributed by atoms with van der Waals surface area (Å²) in [5.41, 5.74) is 0.901. The Kier molecular flexibility index (Phi) is 4.11. The number of aryl methyl sites for hydroxylation is 1. The summed E-state index contributed by atoms with van der Waals surface area (Å²) in [6, 6.07) is 9.35. The van der Waals surface area contributed by atoms with Gasteiger partial charge in [-0.1, -0.05) is 17.7 Å². The zero-order chi connectivity index (χ0) is 15.5. The van der Waals surface area contributed by atoms with E-state index in [4.69, 9.17) is 16.3 Å². The molecule has 3 rings (SSSR count). The van der Waals surface area contributed by atoms with E-state index in [9.17, 15) is 0 Å². The smallest absolute Gasteiger partial charge is 0.254 e. The molecule has 0 bridgehead atoms. The first kappa shape index (κ1) is 14.6. The van der Waals surface area contributed by atoms with E-state index < -0.39 is 0 Å². The minimum absolute atomic E-state index is 0.536. The third-order valence-corrected chi connectivity index (χ3v) is 3.48. The molecule has 1 aromatic carbocycles. The first-order valence-corrected chi connectivity index (χ1v) is 7.28. The molecule has 22 heavy (non-hydrogen) atoms. The molecule has 114 valence electrons. The minimum atomic E-state index is 0.536. The molecule has 0 unspecified atom stereocenters. The largest absolute Gasteiger partial charge is 0.492 e. The number of anilines is 1. The zero-order valence-electron chi connectivity index (χ0n) is 12.4. The highest BCUT2D eigenvalue weighted by Crippen LogP contribution is 2.18. The summed E-state index contributed by atoms with van der Waals surface area (Å²) >= 11 is 5.94. The van der Waals surface area contributed by atoms with Gasteiger partial charge >= 0.3 is 0 Å². The number of benzene rings is 1. The van der Waals surface area contributed by atoms with Gasteiger partial charge in [-0.05, 0) is 25.1 Å². The van der Waals surface area contributed by atoms with Gasteiger partial charge in [-0.25, -0.2) is 4.98 Å². The van der Waals surface area contributed by atoms with Gasteiger partial charge < -0.3 is 9.64 Å². The molecule has 2 aromatic heterocycles. The molecule has 0 amide bonds. The van der Waals surface area contributed by atoms with E-state index in [-0.39, 0.29) is 0 Å². The standard InChI is InChI=1S/C15H16ClN5O/c1-11-8-14(21-15(19-11)17-10-18-21)20(2)6-7-22-13-5-3-4-12(16)9-13/h3-5,8-10H,6-7H2,1-2H3. The van der Waals surface area contributed by atoms with Crippen LogP contribution >= 0.6 is 11.6 Å². The van der Waals surface area contributed by atoms with E-state index in [1.807, 2.05) is 38.2 Å². The third-order valence-electron chi connectivity index (χ3n) is 3.24. The number of hydrogen-bond acceptors (Lipinski definition) is 5. The molecule has 0 aliphatic rings. The topological polar surface area (TPSA) is 55.6 Å². The monoisotopic (exact) mass is 317 g/mol. The fraction of sp³-hybridized carbons (Fsp3) is 0.267. The summed E-state index contributed by atoms with van der Waals surface area (Å²) in [5.74, 6) is 2.28. The average molecular weight is 318 g/mol. The Bertz CT molecular complexity index is 788. The normalized spacial score (nSPS) is 10.9. The molecule has 0 saturated heterocycles. The van der Waals surface area contributed by atoms with Crippen LogP contribution in [0.15, 0.2) is 36.7 Å². The van der Waals surface area contributed by atoms with Crippen LogP contribution in [0.4, 0.5) is 5.82 Å². The summed E-state index contributed by atoms with van der Waals surface area (Å²) in [4.78, 5) is 10.5. The van der Waals surface area contributed by atoms with Crippen molar-refractivity contribution < 1.29 is 4.74 Å². The van der Waals surface area contributed by atoms with Gasteiger partial charge in [-0.3, -0.25) is 0 Å². The molecule has 0 fully saturated rings. The van der Waals surface area contributed by atoms with Crippen LogP contribution in [0, 0.1) is 6.92 Å². The summed E-state index contributed by atoms with van der Waals surface area (Å²) in [7, 11) is 1.98. The Morgan fingerprint density at radius 3 is 3.00 bits per heavy atom. The van der Waals surface area contributed by atoms with Crippen LogP contribution in [0.2, 0.25) is 5.02 Å². The molecule has 0 aliphatic carbocycles. The maximum Gasteiger partial charge on any atom is 0.254 e. The Hall–Kier alpha value is -2.34. The number of hydrogen-bond donors (Lipinski definition) is 0. The number of fused-ring (bicyclic) bond motifs is 1.